The lowest BCUT2D eigenvalue weighted by molar-refractivity contribution is -0.146. The number of carboxylic acids is 1. The number of amides is 1. The van der Waals surface area contributed by atoms with E-state index in [1.807, 2.05) is 0 Å². The molecule has 0 saturated carbocycles. The van der Waals surface area contributed by atoms with Gasteiger partial charge in [-0.3, -0.25) is 9.69 Å². The Hall–Kier alpha value is -1.90. The van der Waals surface area contributed by atoms with Crippen LogP contribution in [0.4, 0.5) is 0 Å². The van der Waals surface area contributed by atoms with Gasteiger partial charge in [-0.05, 0) is 24.3 Å². The van der Waals surface area contributed by atoms with Gasteiger partial charge in [-0.1, -0.05) is 30.1 Å². The van der Waals surface area contributed by atoms with Gasteiger partial charge in [0.15, 0.2) is 6.04 Å². The predicted octanol–water partition coefficient (Wildman–Crippen LogP) is 1.48. The monoisotopic (exact) mass is 325 g/mol. The van der Waals surface area contributed by atoms with Gasteiger partial charge < -0.3 is 14.6 Å². The van der Waals surface area contributed by atoms with Gasteiger partial charge in [0.2, 0.25) is 0 Å². The number of thioether (sulfide) groups is 1. The highest BCUT2D eigenvalue weighted by Crippen LogP contribution is 2.32. The number of furan rings is 1. The molecule has 21 heavy (non-hydrogen) atoms. The molecule has 0 spiro atoms. The van der Waals surface area contributed by atoms with Gasteiger partial charge in [-0.25, -0.2) is 4.79 Å². The average molecular weight is 325 g/mol. The number of carbonyl (C=O) groups excluding carboxylic acids is 1. The molecular weight excluding hydrogens is 314 g/mol. The Labute approximate surface area is 129 Å². The molecular formula is C13H11NO5S2. The molecule has 0 aliphatic carbocycles. The third kappa shape index (κ3) is 3.41. The maximum Gasteiger partial charge on any atom is 0.329 e. The quantitative estimate of drug-likeness (QED) is 0.626. The first kappa shape index (κ1) is 15.5. The molecule has 2 N–H and O–H groups in total. The smallest absolute Gasteiger partial charge is 0.329 e. The molecule has 1 aliphatic heterocycles. The number of hydrogen-bond acceptors (Lipinski definition) is 6. The van der Waals surface area contributed by atoms with Crippen LogP contribution in [0.5, 0.6) is 0 Å². The van der Waals surface area contributed by atoms with Crippen molar-refractivity contribution in [1.82, 2.24) is 4.90 Å². The van der Waals surface area contributed by atoms with Crippen LogP contribution in [0.2, 0.25) is 0 Å². The number of nitrogens with zero attached hydrogens (tertiary/aromatic N) is 1. The van der Waals surface area contributed by atoms with Crippen molar-refractivity contribution < 1.29 is 24.2 Å². The van der Waals surface area contributed by atoms with E-state index in [1.165, 1.54) is 12.3 Å². The number of aliphatic carboxylic acids is 1. The van der Waals surface area contributed by atoms with Crippen molar-refractivity contribution in [3.8, 4) is 0 Å². The van der Waals surface area contributed by atoms with E-state index in [4.69, 9.17) is 26.8 Å². The van der Waals surface area contributed by atoms with Gasteiger partial charge in [0.1, 0.15) is 10.1 Å². The van der Waals surface area contributed by atoms with Crippen LogP contribution >= 0.6 is 24.0 Å². The first-order valence-electron chi connectivity index (χ1n) is 5.85. The van der Waals surface area contributed by atoms with Crippen LogP contribution in [0.1, 0.15) is 5.76 Å². The average Bonchev–Trinajstić information content (AvgIpc) is 3.03. The molecule has 1 aromatic heterocycles. The summed E-state index contributed by atoms with van der Waals surface area (Å²) in [5.41, 5.74) is 0. The third-order valence-corrected chi connectivity index (χ3v) is 3.99. The van der Waals surface area contributed by atoms with E-state index in [-0.39, 0.29) is 4.32 Å². The van der Waals surface area contributed by atoms with Crippen molar-refractivity contribution in [3.63, 3.8) is 0 Å². The lowest BCUT2D eigenvalue weighted by atomic mass is 10.2. The molecule has 0 radical (unpaired) electrons. The van der Waals surface area contributed by atoms with Gasteiger partial charge in [0.05, 0.1) is 17.8 Å². The summed E-state index contributed by atoms with van der Waals surface area (Å²) in [6.07, 6.45) is 6.32. The number of hydrogen-bond donors (Lipinski definition) is 2. The molecule has 1 saturated heterocycles. The highest BCUT2D eigenvalue weighted by Gasteiger charge is 2.39. The molecule has 0 bridgehead atoms. The summed E-state index contributed by atoms with van der Waals surface area (Å²) in [5.74, 6) is -1.21. The van der Waals surface area contributed by atoms with Crippen molar-refractivity contribution in [2.24, 2.45) is 0 Å². The van der Waals surface area contributed by atoms with Crippen molar-refractivity contribution in [2.45, 2.75) is 6.04 Å². The van der Waals surface area contributed by atoms with Crippen molar-refractivity contribution in [3.05, 3.63) is 41.2 Å². The summed E-state index contributed by atoms with van der Waals surface area (Å²) in [5, 5.41) is 18.1. The highest BCUT2D eigenvalue weighted by atomic mass is 32.2. The summed E-state index contributed by atoms with van der Waals surface area (Å²) in [7, 11) is 0. The van der Waals surface area contributed by atoms with E-state index in [0.717, 1.165) is 16.7 Å². The second-order valence-electron chi connectivity index (χ2n) is 3.99. The van der Waals surface area contributed by atoms with E-state index in [9.17, 15) is 9.59 Å². The Bertz CT molecular complexity index is 621. The minimum absolute atomic E-state index is 0.110. The largest absolute Gasteiger partial charge is 0.480 e. The number of carboxylic acid groups (broad SMARTS) is 1. The predicted molar refractivity (Wildman–Crippen MR) is 81.4 cm³/mol. The summed E-state index contributed by atoms with van der Waals surface area (Å²) < 4.78 is 5.21. The molecule has 1 aliphatic rings. The van der Waals surface area contributed by atoms with Crippen molar-refractivity contribution >= 4 is 46.3 Å². The number of allylic oxidation sites excluding steroid dienone is 2. The molecule has 0 aromatic carbocycles. The minimum atomic E-state index is -1.36. The fourth-order valence-electron chi connectivity index (χ4n) is 1.65. The number of carbonyl (C=O) groups is 2. The first-order valence-corrected chi connectivity index (χ1v) is 7.08. The summed E-state index contributed by atoms with van der Waals surface area (Å²) in [4.78, 5) is 24.4. The zero-order valence-electron chi connectivity index (χ0n) is 10.6. The van der Waals surface area contributed by atoms with Crippen LogP contribution in [0.15, 0.2) is 39.9 Å². The van der Waals surface area contributed by atoms with Crippen LogP contribution in [0.25, 0.3) is 6.08 Å². The topological polar surface area (TPSA) is 91.0 Å². The normalized spacial score (nSPS) is 18.9. The molecule has 8 heteroatoms. The van der Waals surface area contributed by atoms with Gasteiger partial charge in [-0.2, -0.15) is 0 Å². The summed E-state index contributed by atoms with van der Waals surface area (Å²) in [6.45, 7) is -0.697. The zero-order valence-corrected chi connectivity index (χ0v) is 12.3. The molecule has 0 unspecified atom stereocenters. The fourth-order valence-corrected chi connectivity index (χ4v) is 2.96. The Morgan fingerprint density at radius 3 is 2.90 bits per heavy atom. The second kappa shape index (κ2) is 6.70. The van der Waals surface area contributed by atoms with Crippen LogP contribution in [-0.2, 0) is 9.59 Å². The Morgan fingerprint density at radius 2 is 2.33 bits per heavy atom. The van der Waals surface area contributed by atoms with Gasteiger partial charge in [0.25, 0.3) is 5.91 Å². The SMILES string of the molecule is O=C(O)[C@@H](CO)N1C(=O)/C(=C/C=C/c2ccco2)SC1=S. The Balaban J connectivity index is 2.15. The maximum atomic E-state index is 12.1. The molecule has 110 valence electrons. The van der Waals surface area contributed by atoms with Crippen molar-refractivity contribution in [2.75, 3.05) is 6.61 Å². The Morgan fingerprint density at radius 1 is 1.57 bits per heavy atom. The molecule has 1 amide bonds. The number of thiocarbonyl (C=S) groups is 1. The fraction of sp³-hybridized carbons (Fsp3) is 0.154. The van der Waals surface area contributed by atoms with E-state index < -0.39 is 24.5 Å². The third-order valence-electron chi connectivity index (χ3n) is 2.64. The number of aliphatic hydroxyl groups excluding tert-OH is 1. The van der Waals surface area contributed by atoms with Gasteiger partial charge in [-0.15, -0.1) is 0 Å². The summed E-state index contributed by atoms with van der Waals surface area (Å²) in [6, 6.07) is 2.12. The molecule has 1 atom stereocenters. The van der Waals surface area contributed by atoms with Gasteiger partial charge >= 0.3 is 5.97 Å². The lowest BCUT2D eigenvalue weighted by Gasteiger charge is -2.20. The van der Waals surface area contributed by atoms with Gasteiger partial charge in [0, 0.05) is 0 Å². The summed E-state index contributed by atoms with van der Waals surface area (Å²) >= 11 is 5.99. The van der Waals surface area contributed by atoms with E-state index in [1.54, 1.807) is 24.3 Å². The zero-order chi connectivity index (χ0) is 15.4. The van der Waals surface area contributed by atoms with E-state index in [0.29, 0.717) is 10.7 Å². The Kier molecular flexibility index (Phi) is 4.94. The van der Waals surface area contributed by atoms with E-state index in [2.05, 4.69) is 0 Å². The lowest BCUT2D eigenvalue weighted by Crippen LogP contribution is -2.46. The maximum absolute atomic E-state index is 12.1. The molecule has 1 fully saturated rings. The number of aliphatic hydroxyl groups is 1. The van der Waals surface area contributed by atoms with Crippen LogP contribution < -0.4 is 0 Å². The molecule has 2 heterocycles. The van der Waals surface area contributed by atoms with Crippen LogP contribution in [0.3, 0.4) is 0 Å². The van der Waals surface area contributed by atoms with E-state index >= 15 is 0 Å². The second-order valence-corrected chi connectivity index (χ2v) is 5.66. The molecule has 1 aromatic rings. The first-order chi connectivity index (χ1) is 10.0. The highest BCUT2D eigenvalue weighted by molar-refractivity contribution is 8.26. The van der Waals surface area contributed by atoms with Crippen molar-refractivity contribution in [1.29, 1.82) is 0 Å². The number of rotatable bonds is 5. The van der Waals surface area contributed by atoms with Crippen LogP contribution in [-0.4, -0.2) is 44.0 Å². The molecule has 2 rings (SSSR count). The molecule has 6 nitrogen and oxygen atoms in total. The minimum Gasteiger partial charge on any atom is -0.480 e. The standard InChI is InChI=1S/C13H11NO5S2/c15-7-9(12(17)18)14-11(16)10(21-13(14)20)5-1-3-8-4-2-6-19-8/h1-6,9,15H,7H2,(H,17,18)/b3-1+,10-5-/t9-/m1/s1. The van der Waals surface area contributed by atoms with Crippen LogP contribution in [0, 0.1) is 0 Å².